The predicted molar refractivity (Wildman–Crippen MR) is 99.2 cm³/mol. The Hall–Kier alpha value is -3.14. The monoisotopic (exact) mass is 421 g/mol. The Labute approximate surface area is 166 Å². The van der Waals surface area contributed by atoms with Crippen LogP contribution in [-0.4, -0.2) is 29.2 Å². The standard InChI is InChI=1S/C19H17F2N3O4S/c1-12(2)18-19(29(26,27)28-16-8-14(20)7-15(21)9-16)23-17(11-25)24(18)10-13-3-5-22-6-4-13/h3-9,11-12H,10H2,1-2H3. The molecule has 0 saturated heterocycles. The van der Waals surface area contributed by atoms with Gasteiger partial charge in [0.1, 0.15) is 17.4 Å². The molecule has 0 saturated carbocycles. The highest BCUT2D eigenvalue weighted by Gasteiger charge is 2.31. The lowest BCUT2D eigenvalue weighted by molar-refractivity contribution is 0.111. The normalized spacial score (nSPS) is 11.6. The molecule has 0 bridgehead atoms. The Kier molecular flexibility index (Phi) is 5.73. The van der Waals surface area contributed by atoms with E-state index in [0.29, 0.717) is 12.4 Å². The lowest BCUT2D eigenvalue weighted by Gasteiger charge is -2.14. The van der Waals surface area contributed by atoms with Crippen LogP contribution in [0.15, 0.2) is 47.8 Å². The molecule has 3 rings (SSSR count). The van der Waals surface area contributed by atoms with Crippen LogP contribution in [0.5, 0.6) is 5.75 Å². The van der Waals surface area contributed by atoms with Crippen LogP contribution < -0.4 is 4.18 Å². The quantitative estimate of drug-likeness (QED) is 0.429. The van der Waals surface area contributed by atoms with Gasteiger partial charge in [0.05, 0.1) is 5.69 Å². The van der Waals surface area contributed by atoms with Crippen LogP contribution in [0, 0.1) is 11.6 Å². The molecule has 152 valence electrons. The highest BCUT2D eigenvalue weighted by molar-refractivity contribution is 7.87. The molecule has 29 heavy (non-hydrogen) atoms. The van der Waals surface area contributed by atoms with Gasteiger partial charge >= 0.3 is 10.1 Å². The van der Waals surface area contributed by atoms with Gasteiger partial charge in [-0.2, -0.15) is 8.42 Å². The molecule has 0 N–H and O–H groups in total. The van der Waals surface area contributed by atoms with Crippen LogP contribution in [0.4, 0.5) is 8.78 Å². The molecule has 0 amide bonds. The first-order valence-electron chi connectivity index (χ1n) is 8.56. The molecule has 0 spiro atoms. The van der Waals surface area contributed by atoms with Gasteiger partial charge in [-0.15, -0.1) is 0 Å². The zero-order chi connectivity index (χ0) is 21.2. The lowest BCUT2D eigenvalue weighted by atomic mass is 10.1. The molecule has 0 fully saturated rings. The Morgan fingerprint density at radius 2 is 1.76 bits per heavy atom. The van der Waals surface area contributed by atoms with Crippen LogP contribution in [0.3, 0.4) is 0 Å². The van der Waals surface area contributed by atoms with E-state index >= 15 is 0 Å². The van der Waals surface area contributed by atoms with E-state index in [0.717, 1.165) is 17.7 Å². The maximum atomic E-state index is 13.4. The van der Waals surface area contributed by atoms with Crippen LogP contribution in [0.2, 0.25) is 0 Å². The summed E-state index contributed by atoms with van der Waals surface area (Å²) in [6.07, 6.45) is 3.58. The first-order chi connectivity index (χ1) is 13.7. The number of imidazole rings is 1. The van der Waals surface area contributed by atoms with Crippen molar-refractivity contribution in [2.45, 2.75) is 31.3 Å². The van der Waals surface area contributed by atoms with Gasteiger partial charge < -0.3 is 8.75 Å². The molecular weight excluding hydrogens is 404 g/mol. The number of hydrogen-bond donors (Lipinski definition) is 0. The minimum absolute atomic E-state index is 0.113. The molecule has 0 unspecified atom stereocenters. The molecule has 7 nitrogen and oxygen atoms in total. The minimum Gasteiger partial charge on any atom is -0.378 e. The molecule has 0 aliphatic heterocycles. The Balaban J connectivity index is 2.09. The van der Waals surface area contributed by atoms with Gasteiger partial charge in [0.2, 0.25) is 5.03 Å². The van der Waals surface area contributed by atoms with Gasteiger partial charge in [-0.3, -0.25) is 9.78 Å². The van der Waals surface area contributed by atoms with Crippen LogP contribution in [-0.2, 0) is 16.7 Å². The first-order valence-corrected chi connectivity index (χ1v) is 9.97. The summed E-state index contributed by atoms with van der Waals surface area (Å²) in [5.74, 6) is -2.98. The van der Waals surface area contributed by atoms with Crippen LogP contribution >= 0.6 is 0 Å². The van der Waals surface area contributed by atoms with Crippen LogP contribution in [0.1, 0.15) is 41.6 Å². The summed E-state index contributed by atoms with van der Waals surface area (Å²) in [7, 11) is -4.56. The number of aromatic nitrogens is 3. The Bertz CT molecular complexity index is 1130. The van der Waals surface area contributed by atoms with Crippen LogP contribution in [0.25, 0.3) is 0 Å². The number of pyridine rings is 1. The molecule has 0 radical (unpaired) electrons. The van der Waals surface area contributed by atoms with E-state index in [-0.39, 0.29) is 24.0 Å². The molecule has 1 aromatic carbocycles. The van der Waals surface area contributed by atoms with Crippen molar-refractivity contribution in [1.82, 2.24) is 14.5 Å². The van der Waals surface area contributed by atoms with Crippen molar-refractivity contribution >= 4 is 16.4 Å². The van der Waals surface area contributed by atoms with Gasteiger partial charge in [-0.05, 0) is 23.6 Å². The molecule has 0 atom stereocenters. The number of carbonyl (C=O) groups excluding carboxylic acids is 1. The van der Waals surface area contributed by atoms with E-state index in [1.165, 1.54) is 4.57 Å². The number of hydrogen-bond acceptors (Lipinski definition) is 6. The molecule has 2 heterocycles. The average Bonchev–Trinajstić information content (AvgIpc) is 3.01. The molecule has 0 aliphatic rings. The van der Waals surface area contributed by atoms with Crippen molar-refractivity contribution in [3.8, 4) is 5.75 Å². The largest absolute Gasteiger partial charge is 0.378 e. The SMILES string of the molecule is CC(C)c1c(S(=O)(=O)Oc2cc(F)cc(F)c2)nc(C=O)n1Cc1ccncc1. The third-order valence-electron chi connectivity index (χ3n) is 4.02. The van der Waals surface area contributed by atoms with Crippen molar-refractivity contribution in [3.05, 3.63) is 71.4 Å². The van der Waals surface area contributed by atoms with Crippen molar-refractivity contribution < 1.29 is 26.2 Å². The van der Waals surface area contributed by atoms with Crippen molar-refractivity contribution in [3.63, 3.8) is 0 Å². The highest BCUT2D eigenvalue weighted by Crippen LogP contribution is 2.28. The fourth-order valence-corrected chi connectivity index (χ4v) is 4.11. The number of halogens is 2. The molecule has 3 aromatic rings. The van der Waals surface area contributed by atoms with E-state index in [9.17, 15) is 22.0 Å². The van der Waals surface area contributed by atoms with E-state index < -0.39 is 32.5 Å². The Morgan fingerprint density at radius 1 is 1.14 bits per heavy atom. The summed E-state index contributed by atoms with van der Waals surface area (Å²) in [6.45, 7) is 3.65. The minimum atomic E-state index is -4.56. The second-order valence-corrected chi connectivity index (χ2v) is 7.98. The molecule has 2 aromatic heterocycles. The summed E-state index contributed by atoms with van der Waals surface area (Å²) >= 11 is 0. The average molecular weight is 421 g/mol. The number of nitrogens with zero attached hydrogens (tertiary/aromatic N) is 3. The van der Waals surface area contributed by atoms with Crippen molar-refractivity contribution in [2.75, 3.05) is 0 Å². The van der Waals surface area contributed by atoms with Gasteiger partial charge in [-0.1, -0.05) is 13.8 Å². The van der Waals surface area contributed by atoms with E-state index in [1.54, 1.807) is 38.4 Å². The molecule has 0 aliphatic carbocycles. The third-order valence-corrected chi connectivity index (χ3v) is 5.21. The molecule has 10 heteroatoms. The number of rotatable bonds is 7. The second kappa shape index (κ2) is 8.08. The fraction of sp³-hybridized carbons (Fsp3) is 0.211. The summed E-state index contributed by atoms with van der Waals surface area (Å²) in [6, 6.07) is 5.51. The predicted octanol–water partition coefficient (Wildman–Crippen LogP) is 3.31. The fourth-order valence-electron chi connectivity index (χ4n) is 2.87. The zero-order valence-corrected chi connectivity index (χ0v) is 16.4. The van der Waals surface area contributed by atoms with Gasteiger partial charge in [0.15, 0.2) is 12.1 Å². The number of benzene rings is 1. The van der Waals surface area contributed by atoms with Gasteiger partial charge in [0.25, 0.3) is 0 Å². The van der Waals surface area contributed by atoms with Crippen molar-refractivity contribution in [1.29, 1.82) is 0 Å². The summed E-state index contributed by atoms with van der Waals surface area (Å²) in [4.78, 5) is 19.4. The Morgan fingerprint density at radius 3 is 2.31 bits per heavy atom. The van der Waals surface area contributed by atoms with E-state index in [4.69, 9.17) is 4.18 Å². The summed E-state index contributed by atoms with van der Waals surface area (Å²) in [5.41, 5.74) is 1.01. The second-order valence-electron chi connectivity index (χ2n) is 6.52. The van der Waals surface area contributed by atoms with E-state index in [1.807, 2.05) is 0 Å². The number of aldehydes is 1. The summed E-state index contributed by atoms with van der Waals surface area (Å²) < 4.78 is 58.8. The first kappa shape index (κ1) is 20.6. The smallest absolute Gasteiger partial charge is 0.358 e. The summed E-state index contributed by atoms with van der Waals surface area (Å²) in [5, 5.41) is -0.478. The maximum Gasteiger partial charge on any atom is 0.358 e. The highest BCUT2D eigenvalue weighted by atomic mass is 32.2. The van der Waals surface area contributed by atoms with Gasteiger partial charge in [-0.25, -0.2) is 13.8 Å². The molecular formula is C19H17F2N3O4S. The number of carbonyl (C=O) groups is 1. The van der Waals surface area contributed by atoms with Crippen molar-refractivity contribution in [2.24, 2.45) is 0 Å². The maximum absolute atomic E-state index is 13.4. The van der Waals surface area contributed by atoms with E-state index in [2.05, 4.69) is 9.97 Å². The topological polar surface area (TPSA) is 91.2 Å². The lowest BCUT2D eigenvalue weighted by Crippen LogP contribution is -2.15. The zero-order valence-electron chi connectivity index (χ0n) is 15.5. The van der Waals surface area contributed by atoms with Gasteiger partial charge in [0, 0.05) is 37.1 Å². The third kappa shape index (κ3) is 4.48.